The number of halogens is 2. The van der Waals surface area contributed by atoms with Crippen LogP contribution in [0.15, 0.2) is 0 Å². The van der Waals surface area contributed by atoms with Gasteiger partial charge in [-0.2, -0.15) is 0 Å². The molecule has 2 aliphatic rings. The van der Waals surface area contributed by atoms with E-state index in [-0.39, 0.29) is 18.4 Å². The van der Waals surface area contributed by atoms with Gasteiger partial charge in [0.25, 0.3) is 5.92 Å². The van der Waals surface area contributed by atoms with Crippen LogP contribution in [-0.2, 0) is 4.79 Å². The molecule has 2 N–H and O–H groups in total. The summed E-state index contributed by atoms with van der Waals surface area (Å²) in [6, 6.07) is -0.0940. The quantitative estimate of drug-likeness (QED) is 0.807. The Labute approximate surface area is 112 Å². The van der Waals surface area contributed by atoms with E-state index in [1.807, 2.05) is 0 Å². The molecule has 1 amide bonds. The SMILES string of the molecule is CC(C)N1CCC(NC(=O)C2CC(F)(F)CN2)CC1. The molecule has 4 nitrogen and oxygen atoms in total. The van der Waals surface area contributed by atoms with Crippen LogP contribution in [0.2, 0.25) is 0 Å². The summed E-state index contributed by atoms with van der Waals surface area (Å²) in [7, 11) is 0. The van der Waals surface area contributed by atoms with Crippen LogP contribution in [0.5, 0.6) is 0 Å². The maximum Gasteiger partial charge on any atom is 0.262 e. The molecule has 2 fully saturated rings. The summed E-state index contributed by atoms with van der Waals surface area (Å²) in [5, 5.41) is 5.49. The van der Waals surface area contributed by atoms with Crippen molar-refractivity contribution >= 4 is 5.91 Å². The summed E-state index contributed by atoms with van der Waals surface area (Å²) in [6.07, 6.45) is 1.41. The summed E-state index contributed by atoms with van der Waals surface area (Å²) in [5.41, 5.74) is 0. The van der Waals surface area contributed by atoms with Crippen LogP contribution in [-0.4, -0.2) is 54.5 Å². The van der Waals surface area contributed by atoms with E-state index in [0.717, 1.165) is 25.9 Å². The summed E-state index contributed by atoms with van der Waals surface area (Å²) >= 11 is 0. The molecular weight excluding hydrogens is 252 g/mol. The Morgan fingerprint density at radius 2 is 2.00 bits per heavy atom. The van der Waals surface area contributed by atoms with Crippen molar-refractivity contribution < 1.29 is 13.6 Å². The minimum absolute atomic E-state index is 0.124. The predicted octanol–water partition coefficient (Wildman–Crippen LogP) is 0.973. The molecule has 2 saturated heterocycles. The van der Waals surface area contributed by atoms with Crippen molar-refractivity contribution in [3.05, 3.63) is 0 Å². The minimum Gasteiger partial charge on any atom is -0.352 e. The molecular formula is C13H23F2N3O. The summed E-state index contributed by atoms with van der Waals surface area (Å²) in [5.74, 6) is -3.02. The molecule has 1 unspecified atom stereocenters. The maximum absolute atomic E-state index is 13.0. The van der Waals surface area contributed by atoms with Gasteiger partial charge in [0, 0.05) is 31.6 Å². The Balaban J connectivity index is 1.75. The average Bonchev–Trinajstić information content (AvgIpc) is 2.70. The largest absolute Gasteiger partial charge is 0.352 e. The zero-order valence-electron chi connectivity index (χ0n) is 11.6. The van der Waals surface area contributed by atoms with Gasteiger partial charge in [-0.05, 0) is 26.7 Å². The lowest BCUT2D eigenvalue weighted by molar-refractivity contribution is -0.124. The Kier molecular flexibility index (Phi) is 4.40. The first-order chi connectivity index (χ1) is 8.87. The van der Waals surface area contributed by atoms with Crippen molar-refractivity contribution in [2.24, 2.45) is 0 Å². The van der Waals surface area contributed by atoms with Crippen LogP contribution in [0.3, 0.4) is 0 Å². The van der Waals surface area contributed by atoms with Crippen LogP contribution in [0.4, 0.5) is 8.78 Å². The van der Waals surface area contributed by atoms with Crippen molar-refractivity contribution in [3.63, 3.8) is 0 Å². The van der Waals surface area contributed by atoms with Crippen LogP contribution in [0.25, 0.3) is 0 Å². The van der Waals surface area contributed by atoms with Gasteiger partial charge in [-0.25, -0.2) is 8.78 Å². The number of hydrogen-bond donors (Lipinski definition) is 2. The third kappa shape index (κ3) is 3.86. The molecule has 110 valence electrons. The Morgan fingerprint density at radius 3 is 2.47 bits per heavy atom. The molecule has 0 aromatic carbocycles. The number of likely N-dealkylation sites (tertiary alicyclic amines) is 1. The van der Waals surface area contributed by atoms with Gasteiger partial charge in [0.05, 0.1) is 12.6 Å². The highest BCUT2D eigenvalue weighted by molar-refractivity contribution is 5.82. The number of alkyl halides is 2. The molecule has 0 radical (unpaired) electrons. The lowest BCUT2D eigenvalue weighted by Gasteiger charge is -2.35. The van der Waals surface area contributed by atoms with Gasteiger partial charge in [-0.1, -0.05) is 0 Å². The fraction of sp³-hybridized carbons (Fsp3) is 0.923. The molecule has 2 aliphatic heterocycles. The summed E-state index contributed by atoms with van der Waals surface area (Å²) in [4.78, 5) is 14.3. The first-order valence-electron chi connectivity index (χ1n) is 7.03. The number of carbonyl (C=O) groups is 1. The Hall–Kier alpha value is -0.750. The van der Waals surface area contributed by atoms with Crippen molar-refractivity contribution in [2.45, 2.75) is 57.2 Å². The van der Waals surface area contributed by atoms with Gasteiger partial charge in [0.2, 0.25) is 5.91 Å². The molecule has 2 rings (SSSR count). The summed E-state index contributed by atoms with van der Waals surface area (Å²) in [6.45, 7) is 5.83. The van der Waals surface area contributed by atoms with Gasteiger partial charge in [-0.15, -0.1) is 0 Å². The van der Waals surface area contributed by atoms with Gasteiger partial charge < -0.3 is 10.2 Å². The van der Waals surface area contributed by atoms with E-state index in [2.05, 4.69) is 29.4 Å². The molecule has 0 aromatic heterocycles. The number of hydrogen-bond acceptors (Lipinski definition) is 3. The number of rotatable bonds is 3. The zero-order valence-corrected chi connectivity index (χ0v) is 11.6. The van der Waals surface area contributed by atoms with E-state index in [4.69, 9.17) is 0 Å². The molecule has 0 aliphatic carbocycles. The highest BCUT2D eigenvalue weighted by Gasteiger charge is 2.42. The summed E-state index contributed by atoms with van der Waals surface area (Å²) < 4.78 is 26.0. The maximum atomic E-state index is 13.0. The van der Waals surface area contributed by atoms with Crippen molar-refractivity contribution in [1.29, 1.82) is 0 Å². The molecule has 2 heterocycles. The van der Waals surface area contributed by atoms with E-state index < -0.39 is 18.5 Å². The van der Waals surface area contributed by atoms with E-state index in [0.29, 0.717) is 6.04 Å². The van der Waals surface area contributed by atoms with E-state index in [1.54, 1.807) is 0 Å². The van der Waals surface area contributed by atoms with E-state index in [1.165, 1.54) is 0 Å². The molecule has 1 atom stereocenters. The monoisotopic (exact) mass is 275 g/mol. The first kappa shape index (κ1) is 14.7. The second-order valence-corrected chi connectivity index (χ2v) is 5.91. The Bertz CT molecular complexity index is 328. The number of nitrogens with one attached hydrogen (secondary N) is 2. The third-order valence-electron chi connectivity index (χ3n) is 4.03. The predicted molar refractivity (Wildman–Crippen MR) is 69.2 cm³/mol. The van der Waals surface area contributed by atoms with Gasteiger partial charge in [0.15, 0.2) is 0 Å². The molecule has 0 bridgehead atoms. The molecule has 0 spiro atoms. The highest BCUT2D eigenvalue weighted by Crippen LogP contribution is 2.25. The lowest BCUT2D eigenvalue weighted by Crippen LogP contribution is -2.50. The standard InChI is InChI=1S/C13H23F2N3O/c1-9(2)18-5-3-10(4-6-18)17-12(19)11-7-13(14,15)8-16-11/h9-11,16H,3-8H2,1-2H3,(H,17,19). The number of amides is 1. The number of piperidine rings is 1. The molecule has 0 aromatic rings. The lowest BCUT2D eigenvalue weighted by atomic mass is 10.0. The highest BCUT2D eigenvalue weighted by atomic mass is 19.3. The van der Waals surface area contributed by atoms with Gasteiger partial charge >= 0.3 is 0 Å². The molecule has 19 heavy (non-hydrogen) atoms. The van der Waals surface area contributed by atoms with E-state index >= 15 is 0 Å². The topological polar surface area (TPSA) is 44.4 Å². The first-order valence-corrected chi connectivity index (χ1v) is 7.03. The van der Waals surface area contributed by atoms with Crippen LogP contribution in [0, 0.1) is 0 Å². The fourth-order valence-corrected chi connectivity index (χ4v) is 2.76. The fourth-order valence-electron chi connectivity index (χ4n) is 2.76. The average molecular weight is 275 g/mol. The third-order valence-corrected chi connectivity index (χ3v) is 4.03. The zero-order chi connectivity index (χ0) is 14.0. The van der Waals surface area contributed by atoms with Crippen molar-refractivity contribution in [1.82, 2.24) is 15.5 Å². The van der Waals surface area contributed by atoms with Crippen molar-refractivity contribution in [3.8, 4) is 0 Å². The van der Waals surface area contributed by atoms with Gasteiger partial charge in [0.1, 0.15) is 0 Å². The normalized spacial score (nSPS) is 28.8. The van der Waals surface area contributed by atoms with Crippen molar-refractivity contribution in [2.75, 3.05) is 19.6 Å². The number of nitrogens with zero attached hydrogens (tertiary/aromatic N) is 1. The second kappa shape index (κ2) is 5.71. The Morgan fingerprint density at radius 1 is 1.37 bits per heavy atom. The van der Waals surface area contributed by atoms with Crippen LogP contribution in [0.1, 0.15) is 33.1 Å². The second-order valence-electron chi connectivity index (χ2n) is 5.91. The van der Waals surface area contributed by atoms with E-state index in [9.17, 15) is 13.6 Å². The van der Waals surface area contributed by atoms with Gasteiger partial charge in [-0.3, -0.25) is 10.1 Å². The minimum atomic E-state index is -2.75. The smallest absolute Gasteiger partial charge is 0.262 e. The number of carbonyl (C=O) groups excluding carboxylic acids is 1. The van der Waals surface area contributed by atoms with Crippen LogP contribution >= 0.6 is 0 Å². The van der Waals surface area contributed by atoms with Crippen LogP contribution < -0.4 is 10.6 Å². The molecule has 6 heteroatoms. The molecule has 0 saturated carbocycles.